The standard InChI is InChI=1S/8Na.2O4Si/c;;;;;;;;2*1-5(2,3)4/q8*+1;2*-4. The van der Waals surface area contributed by atoms with E-state index < -0.39 is 18.1 Å². The minimum Gasteiger partial charge on any atom is -0.894 e. The van der Waals surface area contributed by atoms with Crippen LogP contribution in [0.1, 0.15) is 0 Å². The zero-order valence-corrected chi connectivity index (χ0v) is 30.3. The molecule has 0 amide bonds. The van der Waals surface area contributed by atoms with Crippen LogP contribution < -0.4 is 275 Å². The average Bonchev–Trinajstić information content (AvgIpc) is 1.12. The second kappa shape index (κ2) is 36.1. The van der Waals surface area contributed by atoms with E-state index in [2.05, 4.69) is 0 Å². The fraction of sp³-hybridized carbons (Fsp3) is 0. The minimum absolute atomic E-state index is 0. The molecule has 18 heteroatoms. The Balaban J connectivity index is -0.00000000615. The maximum Gasteiger partial charge on any atom is 1.00 e. The molecule has 0 saturated carbocycles. The van der Waals surface area contributed by atoms with Crippen molar-refractivity contribution in [3.05, 3.63) is 0 Å². The van der Waals surface area contributed by atoms with Gasteiger partial charge < -0.3 is 56.5 Å². The molecule has 0 N–H and O–H groups in total. The maximum atomic E-state index is 8.58. The minimum atomic E-state index is -5.61. The molecule has 0 radical (unpaired) electrons. The van der Waals surface area contributed by atoms with Gasteiger partial charge in [0.1, 0.15) is 0 Å². The third-order valence-electron chi connectivity index (χ3n) is 0. The topological polar surface area (TPSA) is 184 Å². The van der Waals surface area contributed by atoms with Crippen LogP contribution >= 0.6 is 0 Å². The molecule has 0 fully saturated rings. The van der Waals surface area contributed by atoms with Gasteiger partial charge in [-0.25, -0.2) is 0 Å². The Morgan fingerprint density at radius 3 is 0.278 bits per heavy atom. The van der Waals surface area contributed by atoms with Crippen molar-refractivity contribution in [1.29, 1.82) is 0 Å². The molecule has 0 aromatic heterocycles. The van der Waals surface area contributed by atoms with Gasteiger partial charge in [-0.2, -0.15) is 0 Å². The van der Waals surface area contributed by atoms with Crippen LogP contribution in [0.3, 0.4) is 0 Å². The molecule has 64 valence electrons. The number of rotatable bonds is 0. The Morgan fingerprint density at radius 1 is 0.278 bits per heavy atom. The van der Waals surface area contributed by atoms with Gasteiger partial charge in [0.15, 0.2) is 0 Å². The monoisotopic (exact) mass is 368 g/mol. The van der Waals surface area contributed by atoms with Gasteiger partial charge in [-0.15, -0.1) is 0 Å². The molecule has 0 aromatic rings. The van der Waals surface area contributed by atoms with E-state index >= 15 is 0 Å². The van der Waals surface area contributed by atoms with E-state index in [1.54, 1.807) is 0 Å². The van der Waals surface area contributed by atoms with E-state index in [9.17, 15) is 0 Å². The van der Waals surface area contributed by atoms with Gasteiger partial charge in [0, 0.05) is 0 Å². The van der Waals surface area contributed by atoms with Gasteiger partial charge in [0.2, 0.25) is 0 Å². The van der Waals surface area contributed by atoms with Gasteiger partial charge in [0.25, 0.3) is 0 Å². The third kappa shape index (κ3) is 196. The van der Waals surface area contributed by atoms with Crippen molar-refractivity contribution >= 4 is 18.1 Å². The molecular formula is Na8O8Si2. The summed E-state index contributed by atoms with van der Waals surface area (Å²) in [5, 5.41) is 0. The summed E-state index contributed by atoms with van der Waals surface area (Å²) in [6, 6.07) is 0. The molecule has 0 unspecified atom stereocenters. The van der Waals surface area contributed by atoms with Gasteiger partial charge in [-0.05, 0) is 0 Å². The van der Waals surface area contributed by atoms with Crippen LogP contribution in [-0.4, -0.2) is 18.1 Å². The van der Waals surface area contributed by atoms with E-state index in [0.717, 1.165) is 0 Å². The largest absolute Gasteiger partial charge is 1.00 e. The number of hydrogen-bond acceptors (Lipinski definition) is 8. The molecule has 0 aromatic carbocycles. The first-order valence-corrected chi connectivity index (χ1v) is 4.90. The molecule has 0 saturated heterocycles. The van der Waals surface area contributed by atoms with Gasteiger partial charge in [-0.3, -0.25) is 0 Å². The molecule has 8 nitrogen and oxygen atoms in total. The van der Waals surface area contributed by atoms with E-state index in [4.69, 9.17) is 38.4 Å². The Bertz CT molecular complexity index is 68.1. The third-order valence-corrected chi connectivity index (χ3v) is 0. The van der Waals surface area contributed by atoms with Crippen LogP contribution in [0.2, 0.25) is 0 Å². The van der Waals surface area contributed by atoms with Crippen LogP contribution in [-0.2, 0) is 0 Å². The Kier molecular flexibility index (Phi) is 127. The van der Waals surface area contributed by atoms with E-state index in [0.29, 0.717) is 0 Å². The van der Waals surface area contributed by atoms with Crippen LogP contribution in [0.4, 0.5) is 0 Å². The second-order valence-corrected chi connectivity index (χ2v) is 3.00. The summed E-state index contributed by atoms with van der Waals surface area (Å²) < 4.78 is 0. The van der Waals surface area contributed by atoms with Crippen molar-refractivity contribution < 1.29 is 275 Å². The molecule has 0 aliphatic rings. The van der Waals surface area contributed by atoms with Crippen LogP contribution in [0.5, 0.6) is 0 Å². The van der Waals surface area contributed by atoms with Crippen LogP contribution in [0, 0.1) is 0 Å². The zero-order chi connectivity index (χ0) is 9.00. The van der Waals surface area contributed by atoms with E-state index in [-0.39, 0.29) is 236 Å². The SMILES string of the molecule is [Na+].[Na+].[Na+].[Na+].[Na+].[Na+].[Na+].[Na+].[O-][Si]([O-])([O-])[O-].[O-][Si]([O-])([O-])[O-]. The molecule has 0 aliphatic carbocycles. The first-order chi connectivity index (χ1) is 4.00. The Hall–Kier alpha value is 8.11. The summed E-state index contributed by atoms with van der Waals surface area (Å²) in [5.41, 5.74) is 0. The summed E-state index contributed by atoms with van der Waals surface area (Å²) in [6.07, 6.45) is 0. The smallest absolute Gasteiger partial charge is 0.894 e. The fourth-order valence-corrected chi connectivity index (χ4v) is 0. The molecule has 18 heavy (non-hydrogen) atoms. The van der Waals surface area contributed by atoms with Gasteiger partial charge in [-0.1, -0.05) is 0 Å². The molecule has 0 bridgehead atoms. The summed E-state index contributed by atoms with van der Waals surface area (Å²) in [7, 11) is -11.2. The predicted molar refractivity (Wildman–Crippen MR) is 11.5 cm³/mol. The van der Waals surface area contributed by atoms with Crippen LogP contribution in [0.15, 0.2) is 0 Å². The first kappa shape index (κ1) is 63.4. The average molecular weight is 368 g/mol. The zero-order valence-electron chi connectivity index (χ0n) is 12.3. The van der Waals surface area contributed by atoms with E-state index in [1.165, 1.54) is 0 Å². The van der Waals surface area contributed by atoms with Crippen molar-refractivity contribution in [2.75, 3.05) is 0 Å². The first-order valence-electron chi connectivity index (χ1n) is 1.63. The maximum absolute atomic E-state index is 8.58. The molecule has 0 heterocycles. The van der Waals surface area contributed by atoms with Crippen molar-refractivity contribution in [3.8, 4) is 0 Å². The van der Waals surface area contributed by atoms with Crippen molar-refractivity contribution in [2.45, 2.75) is 0 Å². The Labute approximate surface area is 285 Å². The summed E-state index contributed by atoms with van der Waals surface area (Å²) in [6.45, 7) is 0. The fourth-order valence-electron chi connectivity index (χ4n) is 0. The molecule has 0 rings (SSSR count). The predicted octanol–water partition coefficient (Wildman–Crippen LogP) is -34.2. The molecule has 0 aliphatic heterocycles. The summed E-state index contributed by atoms with van der Waals surface area (Å²) in [5.74, 6) is 0. The normalized spacial score (nSPS) is 6.67. The van der Waals surface area contributed by atoms with Crippen molar-refractivity contribution in [2.24, 2.45) is 0 Å². The van der Waals surface area contributed by atoms with E-state index in [1.807, 2.05) is 0 Å². The number of hydrogen-bond donors (Lipinski definition) is 0. The Morgan fingerprint density at radius 2 is 0.278 bits per heavy atom. The van der Waals surface area contributed by atoms with Gasteiger partial charge in [0.05, 0.1) is 0 Å². The molecule has 0 spiro atoms. The molecule has 0 atom stereocenters. The van der Waals surface area contributed by atoms with Crippen molar-refractivity contribution in [1.82, 2.24) is 0 Å². The quantitative estimate of drug-likeness (QED) is 0.377. The van der Waals surface area contributed by atoms with Crippen LogP contribution in [0.25, 0.3) is 0 Å². The van der Waals surface area contributed by atoms with Crippen molar-refractivity contribution in [3.63, 3.8) is 0 Å². The molecular weight excluding hydrogens is 368 g/mol. The van der Waals surface area contributed by atoms with Gasteiger partial charge >= 0.3 is 236 Å². The summed E-state index contributed by atoms with van der Waals surface area (Å²) in [4.78, 5) is 68.6. The second-order valence-electron chi connectivity index (χ2n) is 1.00. The summed E-state index contributed by atoms with van der Waals surface area (Å²) >= 11 is 0.